The molecule has 21 heavy (non-hydrogen) atoms. The molecule has 7 heteroatoms. The Morgan fingerprint density at radius 3 is 3.14 bits per heavy atom. The van der Waals surface area contributed by atoms with Gasteiger partial charge < -0.3 is 10.1 Å². The van der Waals surface area contributed by atoms with Gasteiger partial charge in [-0.3, -0.25) is 9.08 Å². The second-order valence-corrected chi connectivity index (χ2v) is 6.08. The maximum absolute atomic E-state index is 5.94. The van der Waals surface area contributed by atoms with E-state index in [-0.39, 0.29) is 0 Å². The van der Waals surface area contributed by atoms with Crippen LogP contribution in [-0.2, 0) is 13.1 Å². The zero-order valence-corrected chi connectivity index (χ0v) is 12.6. The second kappa shape index (κ2) is 5.16. The lowest BCUT2D eigenvalue weighted by Gasteiger charge is -2.05. The largest absolute Gasteiger partial charge is 0.434 e. The summed E-state index contributed by atoms with van der Waals surface area (Å²) in [5.74, 6) is 1.40. The third-order valence-electron chi connectivity index (χ3n) is 3.61. The molecule has 4 rings (SSSR count). The number of nitrogens with one attached hydrogen (secondary N) is 1. The summed E-state index contributed by atoms with van der Waals surface area (Å²) >= 11 is 1.62. The summed E-state index contributed by atoms with van der Waals surface area (Å²) in [6.07, 6.45) is 8.20. The molecule has 1 aliphatic carbocycles. The third kappa shape index (κ3) is 2.54. The number of imidazole rings is 1. The molecule has 0 saturated heterocycles. The first kappa shape index (κ1) is 12.8. The lowest BCUT2D eigenvalue weighted by atomic mass is 10.4. The van der Waals surface area contributed by atoms with Crippen molar-refractivity contribution in [2.24, 2.45) is 0 Å². The van der Waals surface area contributed by atoms with E-state index in [1.165, 1.54) is 12.8 Å². The van der Waals surface area contributed by atoms with Gasteiger partial charge in [0.2, 0.25) is 5.88 Å². The maximum Gasteiger partial charge on any atom is 0.243 e. The van der Waals surface area contributed by atoms with Crippen molar-refractivity contribution >= 4 is 16.3 Å². The fourth-order valence-corrected chi connectivity index (χ4v) is 2.99. The van der Waals surface area contributed by atoms with Crippen molar-refractivity contribution < 1.29 is 4.74 Å². The Labute approximate surface area is 126 Å². The highest BCUT2D eigenvalue weighted by Gasteiger charge is 2.23. The van der Waals surface area contributed by atoms with Gasteiger partial charge in [0.25, 0.3) is 0 Å². The maximum atomic E-state index is 5.94. The van der Waals surface area contributed by atoms with Crippen LogP contribution >= 0.6 is 11.3 Å². The van der Waals surface area contributed by atoms with Gasteiger partial charge in [-0.2, -0.15) is 10.1 Å². The molecule has 0 aromatic carbocycles. The highest BCUT2D eigenvalue weighted by molar-refractivity contribution is 7.15. The van der Waals surface area contributed by atoms with Gasteiger partial charge >= 0.3 is 0 Å². The van der Waals surface area contributed by atoms with Crippen molar-refractivity contribution in [2.45, 2.75) is 38.9 Å². The number of aryl methyl sites for hydroxylation is 1. The molecule has 3 aromatic heterocycles. The number of hydrogen-bond donors (Lipinski definition) is 1. The van der Waals surface area contributed by atoms with Crippen LogP contribution in [-0.4, -0.2) is 25.2 Å². The summed E-state index contributed by atoms with van der Waals surface area (Å²) < 4.78 is 9.88. The topological polar surface area (TPSA) is 56.4 Å². The molecule has 110 valence electrons. The minimum absolute atomic E-state index is 0.657. The molecule has 1 fully saturated rings. The van der Waals surface area contributed by atoms with Gasteiger partial charge in [0.1, 0.15) is 5.69 Å². The number of thiazole rings is 1. The van der Waals surface area contributed by atoms with Gasteiger partial charge in [-0.15, -0.1) is 11.3 Å². The minimum atomic E-state index is 0.657. The Morgan fingerprint density at radius 2 is 2.38 bits per heavy atom. The fraction of sp³-hybridized carbons (Fsp3) is 0.429. The van der Waals surface area contributed by atoms with Crippen molar-refractivity contribution in [1.82, 2.24) is 24.5 Å². The summed E-state index contributed by atoms with van der Waals surface area (Å²) in [5.41, 5.74) is 1.07. The summed E-state index contributed by atoms with van der Waals surface area (Å²) in [7, 11) is 0. The molecule has 0 radical (unpaired) electrons. The molecule has 1 aliphatic rings. The van der Waals surface area contributed by atoms with E-state index in [9.17, 15) is 0 Å². The number of nitrogens with zero attached hydrogens (tertiary/aromatic N) is 4. The van der Waals surface area contributed by atoms with Gasteiger partial charge in [-0.05, 0) is 19.8 Å². The fourth-order valence-electron chi connectivity index (χ4n) is 2.27. The van der Waals surface area contributed by atoms with Crippen molar-refractivity contribution in [3.05, 3.63) is 29.7 Å². The lowest BCUT2D eigenvalue weighted by molar-refractivity contribution is 0.454. The second-order valence-electron chi connectivity index (χ2n) is 5.21. The Bertz CT molecular complexity index is 754. The van der Waals surface area contributed by atoms with Crippen molar-refractivity contribution in [2.75, 3.05) is 0 Å². The molecule has 6 nitrogen and oxygen atoms in total. The zero-order chi connectivity index (χ0) is 14.2. The molecule has 3 heterocycles. The molecular weight excluding hydrogens is 286 g/mol. The van der Waals surface area contributed by atoms with E-state index in [1.807, 2.05) is 29.4 Å². The molecule has 0 bridgehead atoms. The van der Waals surface area contributed by atoms with Gasteiger partial charge in [0.15, 0.2) is 10.7 Å². The average molecular weight is 303 g/mol. The Kier molecular flexibility index (Phi) is 3.16. The monoisotopic (exact) mass is 303 g/mol. The van der Waals surface area contributed by atoms with E-state index < -0.39 is 0 Å². The van der Waals surface area contributed by atoms with Crippen LogP contribution in [0.3, 0.4) is 0 Å². The first-order valence-electron chi connectivity index (χ1n) is 7.21. The molecule has 1 N–H and O–H groups in total. The highest BCUT2D eigenvalue weighted by atomic mass is 32.1. The van der Waals surface area contributed by atoms with Gasteiger partial charge in [0, 0.05) is 30.7 Å². The van der Waals surface area contributed by atoms with E-state index in [1.54, 1.807) is 17.5 Å². The van der Waals surface area contributed by atoms with Gasteiger partial charge in [-0.1, -0.05) is 0 Å². The lowest BCUT2D eigenvalue weighted by Crippen LogP contribution is -2.16. The molecule has 0 aliphatic heterocycles. The first-order chi connectivity index (χ1) is 10.3. The van der Waals surface area contributed by atoms with Crippen molar-refractivity contribution in [3.63, 3.8) is 0 Å². The number of ether oxygens (including phenoxy) is 1. The van der Waals surface area contributed by atoms with Crippen LogP contribution in [0.2, 0.25) is 0 Å². The van der Waals surface area contributed by atoms with Gasteiger partial charge in [0.05, 0.1) is 12.4 Å². The molecule has 0 amide bonds. The number of hydrogen-bond acceptors (Lipinski definition) is 5. The number of fused-ring (bicyclic) bond motifs is 1. The van der Waals surface area contributed by atoms with Crippen LogP contribution < -0.4 is 10.1 Å². The quantitative estimate of drug-likeness (QED) is 0.760. The van der Waals surface area contributed by atoms with Crippen molar-refractivity contribution in [3.8, 4) is 11.6 Å². The van der Waals surface area contributed by atoms with Crippen LogP contribution in [0.5, 0.6) is 11.6 Å². The van der Waals surface area contributed by atoms with E-state index in [4.69, 9.17) is 4.74 Å². The predicted octanol–water partition coefficient (Wildman–Crippen LogP) is 2.66. The highest BCUT2D eigenvalue weighted by Crippen LogP contribution is 2.28. The normalized spacial score (nSPS) is 14.9. The third-order valence-corrected chi connectivity index (χ3v) is 4.36. The van der Waals surface area contributed by atoms with Crippen LogP contribution in [0.4, 0.5) is 0 Å². The average Bonchev–Trinajstić information content (AvgIpc) is 2.90. The molecule has 0 atom stereocenters. The molecular formula is C14H17N5OS. The number of rotatable bonds is 6. The summed E-state index contributed by atoms with van der Waals surface area (Å²) in [6.45, 7) is 3.66. The summed E-state index contributed by atoms with van der Waals surface area (Å²) in [6, 6.07) is 0.657. The molecule has 0 unspecified atom stereocenters. The van der Waals surface area contributed by atoms with E-state index in [0.29, 0.717) is 11.9 Å². The zero-order valence-electron chi connectivity index (χ0n) is 11.8. The smallest absolute Gasteiger partial charge is 0.243 e. The van der Waals surface area contributed by atoms with E-state index >= 15 is 0 Å². The SMILES string of the molecule is CCn1cc(Oc2nc3sccn3c2CNC2CC2)cn1. The number of aromatic nitrogens is 4. The summed E-state index contributed by atoms with van der Waals surface area (Å²) in [4.78, 5) is 5.54. The molecule has 0 spiro atoms. The summed E-state index contributed by atoms with van der Waals surface area (Å²) in [5, 5.41) is 9.80. The Balaban J connectivity index is 1.62. The van der Waals surface area contributed by atoms with Crippen molar-refractivity contribution in [1.29, 1.82) is 0 Å². The van der Waals surface area contributed by atoms with E-state index in [0.717, 1.165) is 29.5 Å². The molecule has 1 saturated carbocycles. The van der Waals surface area contributed by atoms with Crippen LogP contribution in [0.1, 0.15) is 25.5 Å². The predicted molar refractivity (Wildman–Crippen MR) is 80.9 cm³/mol. The van der Waals surface area contributed by atoms with E-state index in [2.05, 4.69) is 19.8 Å². The Hall–Kier alpha value is -1.86. The molecule has 3 aromatic rings. The van der Waals surface area contributed by atoms with Crippen LogP contribution in [0, 0.1) is 0 Å². The minimum Gasteiger partial charge on any atom is -0.434 e. The van der Waals surface area contributed by atoms with Crippen LogP contribution in [0.15, 0.2) is 24.0 Å². The van der Waals surface area contributed by atoms with Gasteiger partial charge in [-0.25, -0.2) is 0 Å². The van der Waals surface area contributed by atoms with Crippen LogP contribution in [0.25, 0.3) is 4.96 Å². The Morgan fingerprint density at radius 1 is 1.48 bits per heavy atom. The standard InChI is InChI=1S/C14H17N5OS/c1-2-18-9-11(7-16-18)20-13-12(8-15-10-3-4-10)19-5-6-21-14(19)17-13/h5-7,9-10,15H,2-4,8H2,1H3. The first-order valence-corrected chi connectivity index (χ1v) is 8.09.